The number of rotatable bonds is 9. The fourth-order valence-corrected chi connectivity index (χ4v) is 2.54. The minimum absolute atomic E-state index is 0.147. The Morgan fingerprint density at radius 2 is 1.82 bits per heavy atom. The van der Waals surface area contributed by atoms with Crippen LogP contribution in [0.4, 0.5) is 0 Å². The highest BCUT2D eigenvalue weighted by Crippen LogP contribution is 2.02. The number of nitrogens with one attached hydrogen (secondary N) is 2. The summed E-state index contributed by atoms with van der Waals surface area (Å²) in [6, 6.07) is 0.139. The molecule has 0 aliphatic rings. The van der Waals surface area contributed by atoms with Gasteiger partial charge in [-0.15, -0.1) is 0 Å². The molecule has 0 aliphatic carbocycles. The van der Waals surface area contributed by atoms with Crippen LogP contribution in [0.5, 0.6) is 0 Å². The van der Waals surface area contributed by atoms with Crippen molar-refractivity contribution >= 4 is 10.0 Å². The van der Waals surface area contributed by atoms with E-state index in [1.165, 1.54) is 0 Å². The van der Waals surface area contributed by atoms with E-state index in [2.05, 4.69) is 10.0 Å². The molecule has 0 spiro atoms. The summed E-state index contributed by atoms with van der Waals surface area (Å²) in [4.78, 5) is 0. The average molecular weight is 266 g/mol. The highest BCUT2D eigenvalue weighted by atomic mass is 32.2. The predicted molar refractivity (Wildman–Crippen MR) is 70.6 cm³/mol. The molecule has 6 heteroatoms. The van der Waals surface area contributed by atoms with E-state index in [1.807, 2.05) is 20.8 Å². The first-order valence-corrected chi connectivity index (χ1v) is 7.61. The molecule has 2 N–H and O–H groups in total. The van der Waals surface area contributed by atoms with Crippen molar-refractivity contribution in [3.8, 4) is 0 Å². The molecule has 0 radical (unpaired) electrons. The largest absolute Gasteiger partial charge is 0.383 e. The van der Waals surface area contributed by atoms with Gasteiger partial charge in [-0.2, -0.15) is 0 Å². The SMILES string of the molecule is CCC(COC)NS(=O)(=O)C(C)CNC(C)C. The van der Waals surface area contributed by atoms with Crippen LogP contribution in [0.1, 0.15) is 34.1 Å². The lowest BCUT2D eigenvalue weighted by atomic mass is 10.3. The first-order valence-electron chi connectivity index (χ1n) is 6.06. The Morgan fingerprint density at radius 1 is 1.24 bits per heavy atom. The molecule has 2 unspecified atom stereocenters. The Morgan fingerprint density at radius 3 is 2.24 bits per heavy atom. The van der Waals surface area contributed by atoms with Gasteiger partial charge in [0.2, 0.25) is 10.0 Å². The number of methoxy groups -OCH3 is 1. The summed E-state index contributed by atoms with van der Waals surface area (Å²) in [7, 11) is -1.71. The summed E-state index contributed by atoms with van der Waals surface area (Å²) in [5.74, 6) is 0. The zero-order valence-electron chi connectivity index (χ0n) is 11.5. The van der Waals surface area contributed by atoms with Gasteiger partial charge in [0.15, 0.2) is 0 Å². The molecule has 17 heavy (non-hydrogen) atoms. The second-order valence-electron chi connectivity index (χ2n) is 4.60. The summed E-state index contributed by atoms with van der Waals surface area (Å²) < 4.78 is 31.6. The quantitative estimate of drug-likeness (QED) is 0.645. The Bertz CT molecular complexity index is 291. The van der Waals surface area contributed by atoms with Gasteiger partial charge in [0, 0.05) is 25.7 Å². The van der Waals surface area contributed by atoms with Crippen molar-refractivity contribution in [3.05, 3.63) is 0 Å². The van der Waals surface area contributed by atoms with Crippen molar-refractivity contribution in [2.45, 2.75) is 51.4 Å². The van der Waals surface area contributed by atoms with E-state index in [0.717, 1.165) is 6.42 Å². The molecule has 104 valence electrons. The van der Waals surface area contributed by atoms with E-state index < -0.39 is 15.3 Å². The molecule has 0 fully saturated rings. The summed E-state index contributed by atoms with van der Waals surface area (Å²) in [5, 5.41) is 2.68. The maximum atomic E-state index is 12.0. The number of sulfonamides is 1. The van der Waals surface area contributed by atoms with Crippen molar-refractivity contribution in [3.63, 3.8) is 0 Å². The highest BCUT2D eigenvalue weighted by Gasteiger charge is 2.23. The third kappa shape index (κ3) is 6.98. The summed E-state index contributed by atoms with van der Waals surface area (Å²) in [6.07, 6.45) is 0.720. The molecular weight excluding hydrogens is 240 g/mol. The molecule has 2 atom stereocenters. The molecular formula is C11H26N2O3S. The first-order chi connectivity index (χ1) is 7.83. The van der Waals surface area contributed by atoms with Gasteiger partial charge in [-0.1, -0.05) is 20.8 Å². The van der Waals surface area contributed by atoms with Crippen LogP contribution in [0.3, 0.4) is 0 Å². The molecule has 0 aromatic carbocycles. The van der Waals surface area contributed by atoms with Crippen LogP contribution in [0, 0.1) is 0 Å². The van der Waals surface area contributed by atoms with Gasteiger partial charge in [0.25, 0.3) is 0 Å². The van der Waals surface area contributed by atoms with Crippen molar-refractivity contribution in [1.29, 1.82) is 0 Å². The lowest BCUT2D eigenvalue weighted by Crippen LogP contribution is -2.45. The number of hydrogen-bond donors (Lipinski definition) is 2. The molecule has 5 nitrogen and oxygen atoms in total. The van der Waals surface area contributed by atoms with E-state index in [1.54, 1.807) is 14.0 Å². The molecule has 0 amide bonds. The van der Waals surface area contributed by atoms with Crippen LogP contribution in [-0.2, 0) is 14.8 Å². The van der Waals surface area contributed by atoms with Gasteiger partial charge in [0.05, 0.1) is 11.9 Å². The topological polar surface area (TPSA) is 67.4 Å². The fourth-order valence-electron chi connectivity index (χ4n) is 1.30. The van der Waals surface area contributed by atoms with Crippen molar-refractivity contribution in [2.24, 2.45) is 0 Å². The maximum absolute atomic E-state index is 12.0. The van der Waals surface area contributed by atoms with Crippen LogP contribution >= 0.6 is 0 Å². The van der Waals surface area contributed by atoms with Gasteiger partial charge < -0.3 is 10.1 Å². The second kappa shape index (κ2) is 8.02. The van der Waals surface area contributed by atoms with Crippen LogP contribution in [0.2, 0.25) is 0 Å². The lowest BCUT2D eigenvalue weighted by Gasteiger charge is -2.21. The normalized spacial score (nSPS) is 16.1. The first kappa shape index (κ1) is 16.8. The maximum Gasteiger partial charge on any atom is 0.215 e. The van der Waals surface area contributed by atoms with Gasteiger partial charge in [-0.05, 0) is 13.3 Å². The van der Waals surface area contributed by atoms with E-state index >= 15 is 0 Å². The third-order valence-corrected chi connectivity index (χ3v) is 4.42. The molecule has 0 saturated carbocycles. The van der Waals surface area contributed by atoms with Crippen molar-refractivity contribution in [1.82, 2.24) is 10.0 Å². The minimum Gasteiger partial charge on any atom is -0.383 e. The van der Waals surface area contributed by atoms with E-state index in [0.29, 0.717) is 13.2 Å². The minimum atomic E-state index is -3.28. The second-order valence-corrected chi connectivity index (χ2v) is 6.73. The zero-order chi connectivity index (χ0) is 13.5. The van der Waals surface area contributed by atoms with Crippen LogP contribution in [0.25, 0.3) is 0 Å². The van der Waals surface area contributed by atoms with E-state index in [9.17, 15) is 8.42 Å². The standard InChI is InChI=1S/C11H26N2O3S/c1-6-11(8-16-5)13-17(14,15)10(4)7-12-9(2)3/h9-13H,6-8H2,1-5H3. The van der Waals surface area contributed by atoms with Crippen LogP contribution in [-0.4, -0.2) is 46.0 Å². The molecule has 0 aliphatic heterocycles. The Labute approximate surface area is 105 Å². The summed E-state index contributed by atoms with van der Waals surface area (Å²) in [6.45, 7) is 8.48. The Kier molecular flexibility index (Phi) is 7.94. The molecule has 0 rings (SSSR count). The molecule has 0 saturated heterocycles. The Balaban J connectivity index is 4.34. The third-order valence-electron chi connectivity index (χ3n) is 2.53. The molecule has 0 aromatic rings. The number of hydrogen-bond acceptors (Lipinski definition) is 4. The van der Waals surface area contributed by atoms with Crippen molar-refractivity contribution in [2.75, 3.05) is 20.3 Å². The lowest BCUT2D eigenvalue weighted by molar-refractivity contribution is 0.173. The van der Waals surface area contributed by atoms with E-state index in [-0.39, 0.29) is 12.1 Å². The van der Waals surface area contributed by atoms with Gasteiger partial charge in [0.1, 0.15) is 0 Å². The summed E-state index contributed by atoms with van der Waals surface area (Å²) in [5.41, 5.74) is 0. The number of ether oxygens (including phenoxy) is 1. The smallest absolute Gasteiger partial charge is 0.215 e. The monoisotopic (exact) mass is 266 g/mol. The van der Waals surface area contributed by atoms with Crippen LogP contribution in [0.15, 0.2) is 0 Å². The molecule has 0 aromatic heterocycles. The Hall–Kier alpha value is -0.170. The highest BCUT2D eigenvalue weighted by molar-refractivity contribution is 7.90. The van der Waals surface area contributed by atoms with Gasteiger partial charge in [-0.3, -0.25) is 0 Å². The van der Waals surface area contributed by atoms with Gasteiger partial charge >= 0.3 is 0 Å². The predicted octanol–water partition coefficient (Wildman–Crippen LogP) is 0.717. The van der Waals surface area contributed by atoms with Crippen molar-refractivity contribution < 1.29 is 13.2 Å². The molecule has 0 heterocycles. The van der Waals surface area contributed by atoms with E-state index in [4.69, 9.17) is 4.74 Å². The van der Waals surface area contributed by atoms with Crippen LogP contribution < -0.4 is 10.0 Å². The van der Waals surface area contributed by atoms with Gasteiger partial charge in [-0.25, -0.2) is 13.1 Å². The molecule has 0 bridgehead atoms. The average Bonchev–Trinajstić information content (AvgIpc) is 2.24. The summed E-state index contributed by atoms with van der Waals surface area (Å²) >= 11 is 0. The zero-order valence-corrected chi connectivity index (χ0v) is 12.3. The fraction of sp³-hybridized carbons (Fsp3) is 1.00.